The van der Waals surface area contributed by atoms with Crippen molar-refractivity contribution in [2.45, 2.75) is 13.8 Å². The van der Waals surface area contributed by atoms with Crippen LogP contribution in [-0.2, 0) is 0 Å². The number of hydrogen-bond donors (Lipinski definition) is 1. The molecular formula is C10H12N2. The summed E-state index contributed by atoms with van der Waals surface area (Å²) < 4.78 is 0. The molecular weight excluding hydrogens is 148 g/mol. The van der Waals surface area contributed by atoms with E-state index in [1.807, 2.05) is 12.1 Å². The average Bonchev–Trinajstić information content (AvgIpc) is 2.04. The number of nitrogens with zero attached hydrogens (tertiary/aromatic N) is 1. The summed E-state index contributed by atoms with van der Waals surface area (Å²) in [6, 6.07) is 6.13. The lowest BCUT2D eigenvalue weighted by Gasteiger charge is -2.02. The van der Waals surface area contributed by atoms with E-state index in [1.54, 1.807) is 0 Å². The van der Waals surface area contributed by atoms with E-state index in [2.05, 4.69) is 31.1 Å². The van der Waals surface area contributed by atoms with Crippen molar-refractivity contribution >= 4 is 6.08 Å². The topological polar surface area (TPSA) is 36.2 Å². The highest BCUT2D eigenvalue weighted by Crippen LogP contribution is 2.14. The molecule has 0 aliphatic rings. The summed E-state index contributed by atoms with van der Waals surface area (Å²) in [5, 5.41) is 3.18. The maximum Gasteiger partial charge on any atom is 0.0494 e. The van der Waals surface area contributed by atoms with Gasteiger partial charge in [0.05, 0.1) is 0 Å². The van der Waals surface area contributed by atoms with Crippen LogP contribution >= 0.6 is 0 Å². The quantitative estimate of drug-likeness (QED) is 0.644. The SMILES string of the molecule is Cc1cccc(C)c1C=CN=N. The summed E-state index contributed by atoms with van der Waals surface area (Å²) in [6.45, 7) is 4.10. The molecule has 62 valence electrons. The highest BCUT2D eigenvalue weighted by molar-refractivity contribution is 5.57. The third kappa shape index (κ3) is 1.78. The molecule has 0 atom stereocenters. The molecule has 0 aliphatic carbocycles. The molecule has 0 fully saturated rings. The molecule has 0 aliphatic heterocycles. The van der Waals surface area contributed by atoms with Crippen LogP contribution in [0.5, 0.6) is 0 Å². The van der Waals surface area contributed by atoms with Crippen LogP contribution in [0, 0.1) is 19.4 Å². The third-order valence-corrected chi connectivity index (χ3v) is 1.86. The monoisotopic (exact) mass is 160 g/mol. The zero-order valence-corrected chi connectivity index (χ0v) is 7.33. The van der Waals surface area contributed by atoms with Crippen molar-refractivity contribution in [1.29, 1.82) is 5.53 Å². The zero-order chi connectivity index (χ0) is 8.97. The number of aryl methyl sites for hydroxylation is 2. The molecule has 1 rings (SSSR count). The van der Waals surface area contributed by atoms with Crippen LogP contribution < -0.4 is 0 Å². The molecule has 0 aromatic heterocycles. The van der Waals surface area contributed by atoms with Crippen molar-refractivity contribution in [3.63, 3.8) is 0 Å². The Morgan fingerprint density at radius 1 is 1.25 bits per heavy atom. The van der Waals surface area contributed by atoms with E-state index in [0.717, 1.165) is 5.56 Å². The van der Waals surface area contributed by atoms with E-state index >= 15 is 0 Å². The minimum Gasteiger partial charge on any atom is -0.205 e. The Kier molecular flexibility index (Phi) is 2.75. The Morgan fingerprint density at radius 3 is 2.33 bits per heavy atom. The van der Waals surface area contributed by atoms with Gasteiger partial charge in [-0.2, -0.15) is 5.11 Å². The van der Waals surface area contributed by atoms with Gasteiger partial charge in [0.15, 0.2) is 0 Å². The fourth-order valence-electron chi connectivity index (χ4n) is 1.20. The first kappa shape index (κ1) is 8.65. The van der Waals surface area contributed by atoms with Gasteiger partial charge in [0.2, 0.25) is 0 Å². The fraction of sp³-hybridized carbons (Fsp3) is 0.200. The summed E-state index contributed by atoms with van der Waals surface area (Å²) in [6.07, 6.45) is 3.35. The summed E-state index contributed by atoms with van der Waals surface area (Å²) in [4.78, 5) is 0. The summed E-state index contributed by atoms with van der Waals surface area (Å²) >= 11 is 0. The van der Waals surface area contributed by atoms with Gasteiger partial charge in [0, 0.05) is 6.20 Å². The molecule has 0 unspecified atom stereocenters. The third-order valence-electron chi connectivity index (χ3n) is 1.86. The number of rotatable bonds is 2. The van der Waals surface area contributed by atoms with Gasteiger partial charge < -0.3 is 0 Å². The molecule has 1 aromatic rings. The van der Waals surface area contributed by atoms with Gasteiger partial charge in [-0.05, 0) is 36.6 Å². The minimum atomic E-state index is 1.16. The second-order valence-electron chi connectivity index (χ2n) is 2.75. The predicted octanol–water partition coefficient (Wildman–Crippen LogP) is 3.31. The molecule has 12 heavy (non-hydrogen) atoms. The first-order valence-corrected chi connectivity index (χ1v) is 3.85. The highest BCUT2D eigenvalue weighted by Gasteiger charge is 1.95. The van der Waals surface area contributed by atoms with Crippen LogP contribution in [0.1, 0.15) is 16.7 Å². The molecule has 1 aromatic carbocycles. The fourth-order valence-corrected chi connectivity index (χ4v) is 1.20. The van der Waals surface area contributed by atoms with E-state index in [9.17, 15) is 0 Å². The average molecular weight is 160 g/mol. The Labute approximate surface area is 72.4 Å². The maximum atomic E-state index is 6.63. The Bertz CT molecular complexity index is 293. The van der Waals surface area contributed by atoms with E-state index in [1.165, 1.54) is 17.3 Å². The second kappa shape index (κ2) is 3.81. The van der Waals surface area contributed by atoms with Crippen molar-refractivity contribution < 1.29 is 0 Å². The molecule has 0 saturated carbocycles. The van der Waals surface area contributed by atoms with Gasteiger partial charge in [0.25, 0.3) is 0 Å². The van der Waals surface area contributed by atoms with Crippen molar-refractivity contribution in [2.75, 3.05) is 0 Å². The molecule has 1 N–H and O–H groups in total. The van der Waals surface area contributed by atoms with E-state index < -0.39 is 0 Å². The van der Waals surface area contributed by atoms with Gasteiger partial charge in [-0.25, -0.2) is 5.53 Å². The summed E-state index contributed by atoms with van der Waals surface area (Å²) in [5.41, 5.74) is 10.2. The van der Waals surface area contributed by atoms with Crippen LogP contribution in [0.25, 0.3) is 6.08 Å². The lowest BCUT2D eigenvalue weighted by molar-refractivity contribution is 1.15. The van der Waals surface area contributed by atoms with Crippen molar-refractivity contribution in [1.82, 2.24) is 0 Å². The number of hydrogen-bond acceptors (Lipinski definition) is 2. The lowest BCUT2D eigenvalue weighted by atomic mass is 10.0. The van der Waals surface area contributed by atoms with Crippen LogP contribution in [0.3, 0.4) is 0 Å². The van der Waals surface area contributed by atoms with Gasteiger partial charge in [0.1, 0.15) is 0 Å². The van der Waals surface area contributed by atoms with Gasteiger partial charge in [-0.1, -0.05) is 18.2 Å². The minimum absolute atomic E-state index is 1.16. The molecule has 0 spiro atoms. The van der Waals surface area contributed by atoms with Crippen LogP contribution in [0.4, 0.5) is 0 Å². The largest absolute Gasteiger partial charge is 0.205 e. The highest BCUT2D eigenvalue weighted by atomic mass is 14.9. The molecule has 0 heterocycles. The van der Waals surface area contributed by atoms with Crippen LogP contribution in [0.15, 0.2) is 29.5 Å². The van der Waals surface area contributed by atoms with Crippen molar-refractivity contribution in [2.24, 2.45) is 5.11 Å². The first-order chi connectivity index (χ1) is 5.75. The molecule has 0 bridgehead atoms. The van der Waals surface area contributed by atoms with Crippen molar-refractivity contribution in [3.8, 4) is 0 Å². The zero-order valence-electron chi connectivity index (χ0n) is 7.33. The van der Waals surface area contributed by atoms with Gasteiger partial charge in [-0.15, -0.1) is 0 Å². The van der Waals surface area contributed by atoms with Gasteiger partial charge >= 0.3 is 0 Å². The summed E-state index contributed by atoms with van der Waals surface area (Å²) in [5.74, 6) is 0. The summed E-state index contributed by atoms with van der Waals surface area (Å²) in [7, 11) is 0. The van der Waals surface area contributed by atoms with E-state index in [4.69, 9.17) is 5.53 Å². The molecule has 2 nitrogen and oxygen atoms in total. The Balaban J connectivity index is 3.12. The van der Waals surface area contributed by atoms with Gasteiger partial charge in [-0.3, -0.25) is 0 Å². The normalized spacial score (nSPS) is 10.5. The van der Waals surface area contributed by atoms with Crippen molar-refractivity contribution in [3.05, 3.63) is 41.1 Å². The van der Waals surface area contributed by atoms with E-state index in [0.29, 0.717) is 0 Å². The van der Waals surface area contributed by atoms with E-state index in [-0.39, 0.29) is 0 Å². The van der Waals surface area contributed by atoms with Crippen LogP contribution in [-0.4, -0.2) is 0 Å². The van der Waals surface area contributed by atoms with Crippen LogP contribution in [0.2, 0.25) is 0 Å². The number of nitrogens with one attached hydrogen (secondary N) is 1. The molecule has 0 amide bonds. The molecule has 0 saturated heterocycles. The Hall–Kier alpha value is -1.44. The first-order valence-electron chi connectivity index (χ1n) is 3.85. The second-order valence-corrected chi connectivity index (χ2v) is 2.75. The maximum absolute atomic E-state index is 6.63. The predicted molar refractivity (Wildman–Crippen MR) is 50.1 cm³/mol. The number of benzene rings is 1. The standard InChI is InChI=1S/C10H12N2/c1-8-4-3-5-9(2)10(8)6-7-12-11/h3-7,11H,1-2H3. The Morgan fingerprint density at radius 2 is 1.83 bits per heavy atom. The molecule has 2 heteroatoms. The molecule has 0 radical (unpaired) electrons. The lowest BCUT2D eigenvalue weighted by Crippen LogP contribution is -1.84. The smallest absolute Gasteiger partial charge is 0.0494 e.